The molecule has 0 fully saturated rings. The summed E-state index contributed by atoms with van der Waals surface area (Å²) in [5.41, 5.74) is 27.2. The van der Waals surface area contributed by atoms with Crippen LogP contribution in [-0.2, 0) is 43.3 Å². The summed E-state index contributed by atoms with van der Waals surface area (Å²) in [6, 6.07) is 73.8. The lowest BCUT2D eigenvalue weighted by molar-refractivity contribution is 0.590. The van der Waals surface area contributed by atoms with Crippen LogP contribution < -0.4 is 10.6 Å². The highest BCUT2D eigenvalue weighted by atomic mass is 15.2. The molecular weight excluding hydrogens is 1250 g/mol. The van der Waals surface area contributed by atoms with Crippen LogP contribution in [0, 0.1) is 0 Å². The number of aliphatic imine (C=N–C) groups is 2. The normalized spacial score (nSPS) is 14.6. The quantitative estimate of drug-likeness (QED) is 0.105. The van der Waals surface area contributed by atoms with Gasteiger partial charge in [0, 0.05) is 44.5 Å². The lowest BCUT2D eigenvalue weighted by atomic mass is 9.83. The van der Waals surface area contributed by atoms with Crippen molar-refractivity contribution in [3.05, 3.63) is 255 Å². The van der Waals surface area contributed by atoms with Gasteiger partial charge in [-0.1, -0.05) is 360 Å². The minimum Gasteiger partial charge on any atom is -0.339 e. The number of nitrogens with zero attached hydrogens (tertiary/aromatic N) is 2. The van der Waals surface area contributed by atoms with Crippen LogP contribution in [-0.4, -0.2) is 26.5 Å². The summed E-state index contributed by atoms with van der Waals surface area (Å²) in [6.45, 7) is 54.9. The highest BCUT2D eigenvalue weighted by Crippen LogP contribution is 2.54. The predicted octanol–water partition coefficient (Wildman–Crippen LogP) is 27.0. The molecule has 7 heteroatoms. The summed E-state index contributed by atoms with van der Waals surface area (Å²) in [5, 5.41) is 8.52. The summed E-state index contributed by atoms with van der Waals surface area (Å²) in [5.74, 6) is 4.48. The molecule has 0 atom stereocenters. The second kappa shape index (κ2) is 25.6. The summed E-state index contributed by atoms with van der Waals surface area (Å²) in [7, 11) is 0. The van der Waals surface area contributed by atoms with Gasteiger partial charge >= 0.3 is 0 Å². The van der Waals surface area contributed by atoms with Crippen LogP contribution in [0.15, 0.2) is 204 Å². The third kappa shape index (κ3) is 14.2. The molecule has 103 heavy (non-hydrogen) atoms. The average Bonchev–Trinajstić information content (AvgIpc) is 1.58. The maximum atomic E-state index is 6.15. The Kier molecular flexibility index (Phi) is 17.8. The van der Waals surface area contributed by atoms with E-state index < -0.39 is 0 Å². The molecule has 0 aliphatic carbocycles. The molecule has 8 aromatic carbocycles. The fourth-order valence-corrected chi connectivity index (χ4v) is 14.6. The van der Waals surface area contributed by atoms with Crippen molar-refractivity contribution in [1.82, 2.24) is 15.0 Å². The number of allylic oxidation sites excluding steroid dienone is 1. The lowest BCUT2D eigenvalue weighted by Gasteiger charge is -2.21. The van der Waals surface area contributed by atoms with Crippen LogP contribution in [0.2, 0.25) is 0 Å². The molecule has 5 N–H and O–H groups in total. The van der Waals surface area contributed by atoms with Crippen molar-refractivity contribution in [1.29, 1.82) is 0 Å². The molecule has 2 aliphatic heterocycles. The Morgan fingerprint density at radius 3 is 0.699 bits per heavy atom. The fourth-order valence-electron chi connectivity index (χ4n) is 14.6. The number of rotatable bonds is 8. The smallest absolute Gasteiger partial charge is 0.163 e. The van der Waals surface area contributed by atoms with E-state index in [4.69, 9.17) is 9.98 Å². The molecule has 528 valence electrons. The maximum Gasteiger partial charge on any atom is 0.163 e. The van der Waals surface area contributed by atoms with Gasteiger partial charge in [-0.15, -0.1) is 0 Å². The number of fused-ring (bicyclic) bond motifs is 8. The van der Waals surface area contributed by atoms with Gasteiger partial charge in [-0.05, 0) is 132 Å². The second-order valence-electron chi connectivity index (χ2n) is 37.4. The van der Waals surface area contributed by atoms with Crippen LogP contribution in [0.4, 0.5) is 29.1 Å². The molecule has 2 aliphatic rings. The summed E-state index contributed by atoms with van der Waals surface area (Å²) >= 11 is 0. The number of aromatic amines is 3. The van der Waals surface area contributed by atoms with E-state index in [0.29, 0.717) is 11.7 Å². The largest absolute Gasteiger partial charge is 0.339 e. The van der Waals surface area contributed by atoms with Crippen molar-refractivity contribution < 1.29 is 0 Å². The number of hydrogen-bond donors (Lipinski definition) is 5. The van der Waals surface area contributed by atoms with Crippen molar-refractivity contribution in [3.8, 4) is 66.8 Å². The molecule has 7 nitrogen and oxygen atoms in total. The third-order valence-corrected chi connectivity index (χ3v) is 21.2. The highest BCUT2D eigenvalue weighted by Gasteiger charge is 2.37. The average molecular weight is 1360 g/mol. The first-order chi connectivity index (χ1) is 48.1. The lowest BCUT2D eigenvalue weighted by Crippen LogP contribution is -2.12. The monoisotopic (exact) mass is 1360 g/mol. The Balaban J connectivity index is 1.25. The van der Waals surface area contributed by atoms with Crippen molar-refractivity contribution >= 4 is 51.8 Å². The van der Waals surface area contributed by atoms with Gasteiger partial charge < -0.3 is 25.6 Å². The van der Waals surface area contributed by atoms with E-state index in [1.807, 2.05) is 0 Å². The Bertz CT molecular complexity index is 5070. The van der Waals surface area contributed by atoms with E-state index in [0.717, 1.165) is 124 Å². The van der Waals surface area contributed by atoms with Crippen LogP contribution in [0.5, 0.6) is 0 Å². The van der Waals surface area contributed by atoms with E-state index in [9.17, 15) is 0 Å². The molecule has 0 saturated heterocycles. The summed E-state index contributed by atoms with van der Waals surface area (Å²) in [6.07, 6.45) is 0. The van der Waals surface area contributed by atoms with Crippen molar-refractivity contribution in [2.24, 2.45) is 9.98 Å². The van der Waals surface area contributed by atoms with Crippen LogP contribution >= 0.6 is 0 Å². The van der Waals surface area contributed by atoms with Gasteiger partial charge in [0.25, 0.3) is 0 Å². The number of hydrogen-bond acceptors (Lipinski definition) is 4. The standard InChI is InChI=1S/C96H109N7/c1-89(2,3)65-41-25-57(26-42-65)73-75(59-29-45-67(46-30-59)91(7,8)9)83-97-81(73)82-74(58-27-43-66(44-28-58)90(4,5)6)76(60-31-47-68(48-32-60)92(10,11)12)84(98-82)100-86-78(62-35-51-70(52-36-62)94(16,17)18)80(64-39-55-72(56-40-64)96(22,23)24)88(102-86)103-87-79(63-37-53-71(54-38-63)95(19,20)21)77(85(99-83)101-87)61-33-49-69(50-34-61)93(13,14)15/h25-56,97,99,101-103H,1-24H3/b100-84-. The molecular formula is C96H109N7. The van der Waals surface area contributed by atoms with Gasteiger partial charge in [-0.25, -0.2) is 9.98 Å². The Morgan fingerprint density at radius 2 is 0.417 bits per heavy atom. The van der Waals surface area contributed by atoms with E-state index >= 15 is 0 Å². The number of benzene rings is 8. The van der Waals surface area contributed by atoms with E-state index in [-0.39, 0.29) is 43.3 Å². The zero-order valence-corrected chi connectivity index (χ0v) is 65.9. The molecule has 3 aromatic heterocycles. The number of nitrogens with one attached hydrogen (secondary N) is 5. The predicted molar refractivity (Wildman–Crippen MR) is 444 cm³/mol. The zero-order valence-electron chi connectivity index (χ0n) is 65.9. The first kappa shape index (κ1) is 71.7. The Morgan fingerprint density at radius 1 is 0.204 bits per heavy atom. The topological polar surface area (TPSA) is 96.1 Å². The molecule has 8 bridgehead atoms. The third-order valence-electron chi connectivity index (χ3n) is 21.2. The highest BCUT2D eigenvalue weighted by molar-refractivity contribution is 6.54. The van der Waals surface area contributed by atoms with Gasteiger partial charge in [0.1, 0.15) is 29.1 Å². The minimum absolute atomic E-state index is 0.0796. The molecule has 5 heterocycles. The summed E-state index contributed by atoms with van der Waals surface area (Å²) in [4.78, 5) is 24.9. The van der Waals surface area contributed by atoms with Crippen LogP contribution in [0.1, 0.15) is 227 Å². The number of anilines is 4. The van der Waals surface area contributed by atoms with Gasteiger partial charge in [-0.3, -0.25) is 0 Å². The van der Waals surface area contributed by atoms with E-state index in [1.54, 1.807) is 0 Å². The first-order valence-electron chi connectivity index (χ1n) is 37.2. The Labute approximate surface area is 615 Å². The molecule has 13 rings (SSSR count). The van der Waals surface area contributed by atoms with Gasteiger partial charge in [0.2, 0.25) is 0 Å². The van der Waals surface area contributed by atoms with Crippen LogP contribution in [0.3, 0.4) is 0 Å². The number of amidine groups is 1. The van der Waals surface area contributed by atoms with Gasteiger partial charge in [-0.2, -0.15) is 0 Å². The zero-order chi connectivity index (χ0) is 74.1. The van der Waals surface area contributed by atoms with Crippen molar-refractivity contribution in [2.45, 2.75) is 209 Å². The molecule has 0 spiro atoms. The van der Waals surface area contributed by atoms with Crippen molar-refractivity contribution in [2.75, 3.05) is 10.6 Å². The molecule has 0 saturated carbocycles. The fraction of sp³-hybridized carbons (Fsp3) is 0.333. The number of H-pyrrole nitrogens is 3. The van der Waals surface area contributed by atoms with E-state index in [1.165, 1.54) is 44.5 Å². The second-order valence-corrected chi connectivity index (χ2v) is 37.4. The van der Waals surface area contributed by atoms with Crippen LogP contribution in [0.25, 0.3) is 77.9 Å². The SMILES string of the molecule is CC(C)(C)c1ccc(C2=C(c3ccc(C(C)(C)C)cc3)/C3=N/c4[nH]c(c(-c5ccc(C(C)(C)C)cc5)c4-c4ccc(C(C)(C)C)cc4)Nc4[nH]c(c(-c5ccc(C(C)(C)C)cc5)c4-c4ccc(C(C)(C)C)cc4)Nc4[nH]c(c(-c5ccc(C(C)(C)C)cc5)c4-c4ccc(C(C)(C)C)cc4)C2=N3)cc1. The number of aromatic nitrogens is 3. The molecule has 0 radical (unpaired) electrons. The minimum atomic E-state index is -0.0981. The van der Waals surface area contributed by atoms with E-state index in [2.05, 4.69) is 386 Å². The van der Waals surface area contributed by atoms with Gasteiger partial charge in [0.05, 0.1) is 11.4 Å². The molecule has 0 unspecified atom stereocenters. The first-order valence-corrected chi connectivity index (χ1v) is 37.2. The summed E-state index contributed by atoms with van der Waals surface area (Å²) < 4.78 is 0. The van der Waals surface area contributed by atoms with Crippen molar-refractivity contribution in [3.63, 3.8) is 0 Å². The van der Waals surface area contributed by atoms with Gasteiger partial charge in [0.15, 0.2) is 5.84 Å². The molecule has 11 aromatic rings. The Hall–Kier alpha value is -9.72. The maximum absolute atomic E-state index is 6.15. The molecule has 0 amide bonds.